The van der Waals surface area contributed by atoms with Crippen LogP contribution in [-0.2, 0) is 10.0 Å². The monoisotopic (exact) mass is 306 g/mol. The third kappa shape index (κ3) is 2.87. The molecule has 0 aliphatic carbocycles. The van der Waals surface area contributed by atoms with Crippen LogP contribution in [0.2, 0.25) is 0 Å². The molecule has 0 bridgehead atoms. The average Bonchev–Trinajstić information content (AvgIpc) is 2.61. The molecule has 0 radical (unpaired) electrons. The van der Waals surface area contributed by atoms with E-state index in [0.29, 0.717) is 5.70 Å². The molecule has 0 aromatic heterocycles. The van der Waals surface area contributed by atoms with Crippen molar-refractivity contribution < 1.29 is 13.3 Å². The van der Waals surface area contributed by atoms with Gasteiger partial charge in [-0.15, -0.1) is 0 Å². The molecule has 0 unspecified atom stereocenters. The Morgan fingerprint density at radius 3 is 2.48 bits per heavy atom. The molecule has 2 rings (SSSR count). The largest absolute Gasteiger partial charge is 0.289 e. The zero-order valence-corrected chi connectivity index (χ0v) is 12.4. The van der Waals surface area contributed by atoms with Crippen LogP contribution in [0.4, 0.5) is 5.69 Å². The van der Waals surface area contributed by atoms with Gasteiger partial charge in [-0.25, -0.2) is 12.7 Å². The Morgan fingerprint density at radius 1 is 1.14 bits per heavy atom. The number of nitro groups is 1. The lowest BCUT2D eigenvalue weighted by Gasteiger charge is -2.20. The van der Waals surface area contributed by atoms with Gasteiger partial charge in [-0.1, -0.05) is 18.2 Å². The number of nitro benzene ring substituents is 1. The number of hydrogen-bond donors (Lipinski definition) is 0. The van der Waals surface area contributed by atoms with Gasteiger partial charge in [0.25, 0.3) is 15.7 Å². The van der Waals surface area contributed by atoms with Crippen LogP contribution in [-0.4, -0.2) is 17.6 Å². The van der Waals surface area contributed by atoms with E-state index in [-0.39, 0.29) is 4.90 Å². The maximum absolute atomic E-state index is 12.7. The Bertz CT molecular complexity index is 776. The van der Waals surface area contributed by atoms with E-state index in [1.165, 1.54) is 30.5 Å². The third-order valence-corrected chi connectivity index (χ3v) is 4.84. The van der Waals surface area contributed by atoms with E-state index in [1.54, 1.807) is 25.2 Å². The molecular formula is C14H14N2O4S. The molecule has 1 heterocycles. The first-order valence-electron chi connectivity index (χ1n) is 6.15. The lowest BCUT2D eigenvalue weighted by Crippen LogP contribution is -2.24. The number of allylic oxidation sites excluding steroid dienone is 5. The van der Waals surface area contributed by atoms with Gasteiger partial charge in [-0.2, -0.15) is 0 Å². The summed E-state index contributed by atoms with van der Waals surface area (Å²) >= 11 is 0. The predicted molar refractivity (Wildman–Crippen MR) is 78.8 cm³/mol. The standard InChI is InChI=1S/C14H14N2O4S/c1-11-7-8-12(2)15(10-9-11)21(19,20)14-6-4-3-5-13(14)16(17)18/h3-10H,1-2H3. The summed E-state index contributed by atoms with van der Waals surface area (Å²) in [6.07, 6.45) is 6.47. The topological polar surface area (TPSA) is 80.5 Å². The quantitative estimate of drug-likeness (QED) is 0.635. The molecule has 1 aliphatic heterocycles. The second-order valence-electron chi connectivity index (χ2n) is 4.56. The van der Waals surface area contributed by atoms with Crippen molar-refractivity contribution in [1.29, 1.82) is 0 Å². The van der Waals surface area contributed by atoms with E-state index >= 15 is 0 Å². The molecule has 0 saturated heterocycles. The maximum Gasteiger partial charge on any atom is 0.289 e. The lowest BCUT2D eigenvalue weighted by molar-refractivity contribution is -0.387. The molecule has 0 N–H and O–H groups in total. The van der Waals surface area contributed by atoms with E-state index in [0.717, 1.165) is 9.88 Å². The first-order valence-corrected chi connectivity index (χ1v) is 7.59. The molecule has 0 fully saturated rings. The fraction of sp³-hybridized carbons (Fsp3) is 0.143. The van der Waals surface area contributed by atoms with E-state index in [9.17, 15) is 18.5 Å². The Kier molecular flexibility index (Phi) is 3.95. The van der Waals surface area contributed by atoms with Crippen molar-refractivity contribution in [3.63, 3.8) is 0 Å². The minimum atomic E-state index is -4.03. The zero-order valence-electron chi connectivity index (χ0n) is 11.6. The van der Waals surface area contributed by atoms with Crippen LogP contribution < -0.4 is 0 Å². The zero-order chi connectivity index (χ0) is 15.6. The van der Waals surface area contributed by atoms with Crippen LogP contribution in [0.25, 0.3) is 0 Å². The summed E-state index contributed by atoms with van der Waals surface area (Å²) in [4.78, 5) is 10.0. The summed E-state index contributed by atoms with van der Waals surface area (Å²) in [5.41, 5.74) is 0.906. The van der Waals surface area contributed by atoms with Gasteiger partial charge in [-0.05, 0) is 37.6 Å². The maximum atomic E-state index is 12.7. The highest BCUT2D eigenvalue weighted by molar-refractivity contribution is 7.89. The normalized spacial score (nSPS) is 15.2. The van der Waals surface area contributed by atoms with Crippen LogP contribution in [0.1, 0.15) is 13.8 Å². The summed E-state index contributed by atoms with van der Waals surface area (Å²) in [6, 6.07) is 5.31. The number of sulfonamides is 1. The lowest BCUT2D eigenvalue weighted by atomic mass is 10.3. The van der Waals surface area contributed by atoms with Gasteiger partial charge in [0.15, 0.2) is 4.90 Å². The summed E-state index contributed by atoms with van der Waals surface area (Å²) in [6.45, 7) is 3.47. The van der Waals surface area contributed by atoms with Gasteiger partial charge in [0.05, 0.1) is 4.92 Å². The van der Waals surface area contributed by atoms with E-state index < -0.39 is 20.6 Å². The molecule has 1 aromatic carbocycles. The van der Waals surface area contributed by atoms with Gasteiger partial charge in [0.1, 0.15) is 0 Å². The van der Waals surface area contributed by atoms with Crippen molar-refractivity contribution in [1.82, 2.24) is 4.31 Å². The highest BCUT2D eigenvalue weighted by atomic mass is 32.2. The van der Waals surface area contributed by atoms with Crippen molar-refractivity contribution in [3.05, 3.63) is 70.1 Å². The molecule has 0 atom stereocenters. The molecule has 0 saturated carbocycles. The van der Waals surface area contributed by atoms with Crippen LogP contribution in [0.3, 0.4) is 0 Å². The molecule has 1 aromatic rings. The van der Waals surface area contributed by atoms with Crippen molar-refractivity contribution in [3.8, 4) is 0 Å². The number of nitrogens with zero attached hydrogens (tertiary/aromatic N) is 2. The summed E-state index contributed by atoms with van der Waals surface area (Å²) < 4.78 is 26.4. The van der Waals surface area contributed by atoms with Crippen LogP contribution in [0, 0.1) is 10.1 Å². The number of para-hydroxylation sites is 1. The second kappa shape index (κ2) is 5.53. The fourth-order valence-corrected chi connectivity index (χ4v) is 3.42. The van der Waals surface area contributed by atoms with E-state index in [1.807, 2.05) is 6.92 Å². The number of rotatable bonds is 3. The van der Waals surface area contributed by atoms with Crippen molar-refractivity contribution in [2.45, 2.75) is 18.7 Å². The van der Waals surface area contributed by atoms with Gasteiger partial charge in [0, 0.05) is 18.0 Å². The van der Waals surface area contributed by atoms with Crippen molar-refractivity contribution >= 4 is 15.7 Å². The molecule has 1 aliphatic rings. The average molecular weight is 306 g/mol. The van der Waals surface area contributed by atoms with E-state index in [2.05, 4.69) is 0 Å². The smallest absolute Gasteiger partial charge is 0.258 e. The first-order chi connectivity index (χ1) is 9.84. The minimum Gasteiger partial charge on any atom is -0.258 e. The highest BCUT2D eigenvalue weighted by Gasteiger charge is 2.30. The molecule has 110 valence electrons. The first kappa shape index (κ1) is 15.0. The summed E-state index contributed by atoms with van der Waals surface area (Å²) in [7, 11) is -4.03. The van der Waals surface area contributed by atoms with Crippen LogP contribution in [0.5, 0.6) is 0 Å². The highest BCUT2D eigenvalue weighted by Crippen LogP contribution is 2.29. The van der Waals surface area contributed by atoms with Gasteiger partial charge >= 0.3 is 0 Å². The Hall–Kier alpha value is -2.41. The van der Waals surface area contributed by atoms with Gasteiger partial charge < -0.3 is 0 Å². The number of hydrogen-bond acceptors (Lipinski definition) is 4. The number of benzene rings is 1. The molecule has 6 nitrogen and oxygen atoms in total. The predicted octanol–water partition coefficient (Wildman–Crippen LogP) is 2.96. The van der Waals surface area contributed by atoms with Crippen molar-refractivity contribution in [2.75, 3.05) is 0 Å². The second-order valence-corrected chi connectivity index (χ2v) is 6.34. The molecule has 0 spiro atoms. The summed E-state index contributed by atoms with van der Waals surface area (Å²) in [5, 5.41) is 11.0. The van der Waals surface area contributed by atoms with Gasteiger partial charge in [0.2, 0.25) is 0 Å². The molecule has 7 heteroatoms. The fourth-order valence-electron chi connectivity index (χ4n) is 1.89. The van der Waals surface area contributed by atoms with Crippen LogP contribution >= 0.6 is 0 Å². The third-order valence-electron chi connectivity index (χ3n) is 3.01. The molecule has 21 heavy (non-hydrogen) atoms. The minimum absolute atomic E-state index is 0.327. The Labute approximate surface area is 122 Å². The van der Waals surface area contributed by atoms with E-state index in [4.69, 9.17) is 0 Å². The van der Waals surface area contributed by atoms with Gasteiger partial charge in [-0.3, -0.25) is 10.1 Å². The summed E-state index contributed by atoms with van der Waals surface area (Å²) in [5.74, 6) is 0. The Morgan fingerprint density at radius 2 is 1.81 bits per heavy atom. The molecule has 0 amide bonds. The van der Waals surface area contributed by atoms with Crippen molar-refractivity contribution in [2.24, 2.45) is 0 Å². The SMILES string of the molecule is CC1=CC=C(C)N(S(=O)(=O)c2ccccc2[N+](=O)[O-])C=C1. The Balaban J connectivity index is 2.59. The molecular weight excluding hydrogens is 292 g/mol. The van der Waals surface area contributed by atoms with Crippen LogP contribution in [0.15, 0.2) is 64.9 Å².